The van der Waals surface area contributed by atoms with Crippen LogP contribution >= 0.6 is 0 Å². The van der Waals surface area contributed by atoms with Gasteiger partial charge in [0.25, 0.3) is 0 Å². The number of para-hydroxylation sites is 1. The number of fused-ring (bicyclic) bond motifs is 3. The summed E-state index contributed by atoms with van der Waals surface area (Å²) in [5.41, 5.74) is 2.82. The Morgan fingerprint density at radius 2 is 2.17 bits per heavy atom. The van der Waals surface area contributed by atoms with Crippen LogP contribution in [0.1, 0.15) is 25.3 Å². The van der Waals surface area contributed by atoms with E-state index >= 15 is 0 Å². The predicted molar refractivity (Wildman–Crippen MR) is 66.6 cm³/mol. The molecule has 0 spiro atoms. The van der Waals surface area contributed by atoms with Gasteiger partial charge >= 0.3 is 0 Å². The van der Waals surface area contributed by atoms with Crippen molar-refractivity contribution in [1.29, 1.82) is 0 Å². The van der Waals surface area contributed by atoms with Crippen LogP contribution in [-0.2, 0) is 0 Å². The molecule has 2 saturated carbocycles. The third-order valence-electron chi connectivity index (χ3n) is 4.40. The normalized spacial score (nSPS) is 32.7. The third-order valence-corrected chi connectivity index (χ3v) is 4.40. The molecule has 0 radical (unpaired) electrons. The first-order valence-electron chi connectivity index (χ1n) is 6.40. The Morgan fingerprint density at radius 1 is 1.28 bits per heavy atom. The summed E-state index contributed by atoms with van der Waals surface area (Å²) >= 11 is 0. The molecule has 2 aliphatic rings. The molecule has 0 saturated heterocycles. The van der Waals surface area contributed by atoms with Crippen molar-refractivity contribution in [2.24, 2.45) is 17.0 Å². The van der Waals surface area contributed by atoms with E-state index in [1.165, 1.54) is 6.42 Å². The minimum absolute atomic E-state index is 0.0983. The van der Waals surface area contributed by atoms with E-state index in [9.17, 15) is 5.21 Å². The van der Waals surface area contributed by atoms with Crippen LogP contribution in [0.3, 0.4) is 0 Å². The quantitative estimate of drug-likeness (QED) is 0.616. The molecular weight excluding hydrogens is 228 g/mol. The second kappa shape index (κ2) is 3.54. The first-order chi connectivity index (χ1) is 8.88. The highest BCUT2D eigenvalue weighted by atomic mass is 16.4. The van der Waals surface area contributed by atoms with Crippen molar-refractivity contribution < 1.29 is 5.21 Å². The maximum Gasteiger partial charge on any atom is 0.113 e. The molecule has 2 fully saturated rings. The van der Waals surface area contributed by atoms with Crippen molar-refractivity contribution >= 4 is 16.7 Å². The molecule has 4 rings (SSSR count). The van der Waals surface area contributed by atoms with Gasteiger partial charge in [0.2, 0.25) is 0 Å². The summed E-state index contributed by atoms with van der Waals surface area (Å²) in [6, 6.07) is 8.04. The molecule has 1 N–H and O–H groups in total. The zero-order valence-corrected chi connectivity index (χ0v) is 9.90. The Balaban J connectivity index is 1.88. The van der Waals surface area contributed by atoms with Gasteiger partial charge in [0.05, 0.1) is 17.3 Å². The van der Waals surface area contributed by atoms with Crippen molar-refractivity contribution in [3.05, 3.63) is 24.3 Å². The van der Waals surface area contributed by atoms with E-state index in [0.29, 0.717) is 11.8 Å². The summed E-state index contributed by atoms with van der Waals surface area (Å²) in [5.74, 6) is 0.985. The number of benzene rings is 1. The topological polar surface area (TPSA) is 63.3 Å². The largest absolute Gasteiger partial charge is 0.411 e. The summed E-state index contributed by atoms with van der Waals surface area (Å²) in [5, 5.41) is 21.3. The molecule has 0 unspecified atom stereocenters. The lowest BCUT2D eigenvalue weighted by Gasteiger charge is -2.23. The van der Waals surface area contributed by atoms with Gasteiger partial charge in [-0.1, -0.05) is 22.5 Å². The number of hydrogen-bond acceptors (Lipinski definition) is 4. The second-order valence-corrected chi connectivity index (χ2v) is 5.26. The summed E-state index contributed by atoms with van der Waals surface area (Å²) in [6.07, 6.45) is 3.47. The van der Waals surface area contributed by atoms with Gasteiger partial charge in [-0.25, -0.2) is 4.68 Å². The zero-order chi connectivity index (χ0) is 12.1. The van der Waals surface area contributed by atoms with E-state index < -0.39 is 0 Å². The Labute approximate surface area is 104 Å². The van der Waals surface area contributed by atoms with Crippen molar-refractivity contribution in [2.45, 2.75) is 25.3 Å². The van der Waals surface area contributed by atoms with Crippen LogP contribution < -0.4 is 0 Å². The lowest BCUT2D eigenvalue weighted by Crippen LogP contribution is -2.26. The van der Waals surface area contributed by atoms with Crippen LogP contribution in [0.2, 0.25) is 0 Å². The lowest BCUT2D eigenvalue weighted by atomic mass is 9.93. The molecule has 5 heteroatoms. The van der Waals surface area contributed by atoms with Gasteiger partial charge in [-0.05, 0) is 37.3 Å². The molecule has 1 aromatic heterocycles. The highest BCUT2D eigenvalue weighted by Gasteiger charge is 2.47. The third kappa shape index (κ3) is 1.19. The summed E-state index contributed by atoms with van der Waals surface area (Å²) in [7, 11) is 0. The highest BCUT2D eigenvalue weighted by molar-refractivity contribution is 5.94. The van der Waals surface area contributed by atoms with Crippen molar-refractivity contribution in [2.75, 3.05) is 0 Å². The predicted octanol–water partition coefficient (Wildman–Crippen LogP) is 2.23. The number of oxime groups is 1. The van der Waals surface area contributed by atoms with Crippen molar-refractivity contribution in [1.82, 2.24) is 15.0 Å². The Morgan fingerprint density at radius 3 is 3.06 bits per heavy atom. The Hall–Kier alpha value is -1.91. The summed E-state index contributed by atoms with van der Waals surface area (Å²) in [6.45, 7) is 0. The lowest BCUT2D eigenvalue weighted by molar-refractivity contribution is 0.305. The molecule has 2 bridgehead atoms. The van der Waals surface area contributed by atoms with E-state index in [2.05, 4.69) is 15.5 Å². The van der Waals surface area contributed by atoms with E-state index in [0.717, 1.165) is 29.6 Å². The fourth-order valence-corrected chi connectivity index (χ4v) is 3.61. The zero-order valence-electron chi connectivity index (χ0n) is 9.90. The molecule has 1 heterocycles. The molecule has 3 atom stereocenters. The summed E-state index contributed by atoms with van der Waals surface area (Å²) < 4.78 is 1.94. The van der Waals surface area contributed by atoms with Crippen LogP contribution in [-0.4, -0.2) is 25.9 Å². The van der Waals surface area contributed by atoms with Gasteiger partial charge in [-0.2, -0.15) is 0 Å². The molecule has 0 amide bonds. The van der Waals surface area contributed by atoms with Crippen LogP contribution in [0.15, 0.2) is 29.4 Å². The molecule has 1 aromatic carbocycles. The maximum atomic E-state index is 9.26. The van der Waals surface area contributed by atoms with Gasteiger partial charge in [-0.15, -0.1) is 5.10 Å². The monoisotopic (exact) mass is 242 g/mol. The first-order valence-corrected chi connectivity index (χ1v) is 6.40. The molecule has 18 heavy (non-hydrogen) atoms. The fourth-order valence-electron chi connectivity index (χ4n) is 3.61. The molecule has 2 aliphatic carbocycles. The van der Waals surface area contributed by atoms with Gasteiger partial charge in [0.15, 0.2) is 0 Å². The Kier molecular flexibility index (Phi) is 1.98. The van der Waals surface area contributed by atoms with Gasteiger partial charge < -0.3 is 5.21 Å². The van der Waals surface area contributed by atoms with Crippen LogP contribution in [0.5, 0.6) is 0 Å². The number of nitrogens with zero attached hydrogens (tertiary/aromatic N) is 4. The smallest absolute Gasteiger partial charge is 0.113 e. The fraction of sp³-hybridized carbons (Fsp3) is 0.462. The SMILES string of the molecule is O/N=C1\[C@H]2CC[C@H](C2)[C@@H]1n1nnc2ccccc21. The van der Waals surface area contributed by atoms with Crippen LogP contribution in [0.25, 0.3) is 11.0 Å². The van der Waals surface area contributed by atoms with E-state index in [4.69, 9.17) is 0 Å². The average molecular weight is 242 g/mol. The van der Waals surface area contributed by atoms with E-state index in [1.807, 2.05) is 28.9 Å². The average Bonchev–Trinajstić information content (AvgIpc) is 3.11. The van der Waals surface area contributed by atoms with Crippen LogP contribution in [0.4, 0.5) is 0 Å². The molecule has 0 aliphatic heterocycles. The van der Waals surface area contributed by atoms with E-state index in [-0.39, 0.29) is 6.04 Å². The Bertz CT molecular complexity index is 633. The van der Waals surface area contributed by atoms with Gasteiger partial charge in [-0.3, -0.25) is 0 Å². The first kappa shape index (κ1) is 10.1. The van der Waals surface area contributed by atoms with Gasteiger partial charge in [0, 0.05) is 5.92 Å². The minimum Gasteiger partial charge on any atom is -0.411 e. The highest BCUT2D eigenvalue weighted by Crippen LogP contribution is 2.49. The summed E-state index contributed by atoms with van der Waals surface area (Å²) in [4.78, 5) is 0. The molecule has 92 valence electrons. The van der Waals surface area contributed by atoms with E-state index in [1.54, 1.807) is 0 Å². The number of aromatic nitrogens is 3. The van der Waals surface area contributed by atoms with Crippen LogP contribution in [0, 0.1) is 11.8 Å². The van der Waals surface area contributed by atoms with Gasteiger partial charge in [0.1, 0.15) is 5.52 Å². The maximum absolute atomic E-state index is 9.26. The molecular formula is C13H14N4O. The minimum atomic E-state index is 0.0983. The standard InChI is InChI=1S/C13H14N4O/c18-15-12-8-5-6-9(7-8)13(12)17-11-4-2-1-3-10(11)14-16-17/h1-4,8-9,13,18H,5-7H2/b15-12+/t8-,9+,13-/m0/s1. The number of hydrogen-bond donors (Lipinski definition) is 1. The number of rotatable bonds is 1. The molecule has 5 nitrogen and oxygen atoms in total. The molecule has 2 aromatic rings. The van der Waals surface area contributed by atoms with Crippen molar-refractivity contribution in [3.63, 3.8) is 0 Å². The second-order valence-electron chi connectivity index (χ2n) is 5.26. The van der Waals surface area contributed by atoms with Crippen molar-refractivity contribution in [3.8, 4) is 0 Å².